The molecule has 7 heteroatoms. The summed E-state index contributed by atoms with van der Waals surface area (Å²) in [6, 6.07) is 12.0. The summed E-state index contributed by atoms with van der Waals surface area (Å²) in [6.45, 7) is 11.7. The van der Waals surface area contributed by atoms with E-state index in [-0.39, 0.29) is 5.91 Å². The fraction of sp³-hybridized carbons (Fsp3) is 0.375. The van der Waals surface area contributed by atoms with E-state index in [9.17, 15) is 4.79 Å². The van der Waals surface area contributed by atoms with Gasteiger partial charge in [0.05, 0.1) is 11.3 Å². The van der Waals surface area contributed by atoms with Gasteiger partial charge >= 0.3 is 0 Å². The minimum atomic E-state index is -0.124. The molecular formula is C24H30N4O2S. The molecule has 31 heavy (non-hydrogen) atoms. The lowest BCUT2D eigenvalue weighted by Gasteiger charge is -2.18. The van der Waals surface area contributed by atoms with Gasteiger partial charge in [0.15, 0.2) is 0 Å². The first-order valence-corrected chi connectivity index (χ1v) is 11.6. The van der Waals surface area contributed by atoms with Crippen LogP contribution in [-0.4, -0.2) is 34.0 Å². The summed E-state index contributed by atoms with van der Waals surface area (Å²) < 4.78 is 5.23. The lowest BCUT2D eigenvalue weighted by molar-refractivity contribution is 0.0947. The molecule has 0 spiro atoms. The van der Waals surface area contributed by atoms with Crippen LogP contribution in [0.1, 0.15) is 52.3 Å². The summed E-state index contributed by atoms with van der Waals surface area (Å²) >= 11 is 1.52. The maximum absolute atomic E-state index is 12.8. The number of nitrogens with one attached hydrogen (secondary N) is 1. The molecule has 6 nitrogen and oxygen atoms in total. The van der Waals surface area contributed by atoms with Crippen molar-refractivity contribution in [1.82, 2.24) is 20.4 Å². The summed E-state index contributed by atoms with van der Waals surface area (Å²) in [7, 11) is 0. The number of rotatable bonds is 10. The second-order valence-corrected chi connectivity index (χ2v) is 8.37. The van der Waals surface area contributed by atoms with Crippen molar-refractivity contribution >= 4 is 17.7 Å². The monoisotopic (exact) mass is 438 g/mol. The van der Waals surface area contributed by atoms with Crippen molar-refractivity contribution in [3.63, 3.8) is 0 Å². The maximum Gasteiger partial charge on any atom is 0.254 e. The van der Waals surface area contributed by atoms with Gasteiger partial charge in [-0.1, -0.05) is 43.3 Å². The van der Waals surface area contributed by atoms with Gasteiger partial charge in [0.25, 0.3) is 5.91 Å². The Balaban J connectivity index is 1.59. The predicted octanol–water partition coefficient (Wildman–Crippen LogP) is 4.75. The van der Waals surface area contributed by atoms with Gasteiger partial charge in [-0.2, -0.15) is 0 Å². The Kier molecular flexibility index (Phi) is 8.26. The summed E-state index contributed by atoms with van der Waals surface area (Å²) in [4.78, 5) is 19.6. The van der Waals surface area contributed by atoms with E-state index in [2.05, 4.69) is 58.5 Å². The lowest BCUT2D eigenvalue weighted by Crippen LogP contribution is -2.24. The number of carbonyl (C=O) groups is 1. The molecule has 0 radical (unpaired) electrons. The molecule has 3 rings (SSSR count). The van der Waals surface area contributed by atoms with Crippen LogP contribution in [0.3, 0.4) is 0 Å². The summed E-state index contributed by atoms with van der Waals surface area (Å²) in [5, 5.41) is 7.71. The Bertz CT molecular complexity index is 978. The molecule has 0 aliphatic rings. The summed E-state index contributed by atoms with van der Waals surface area (Å²) in [6.07, 6.45) is 1.71. The second kappa shape index (κ2) is 11.1. The fourth-order valence-corrected chi connectivity index (χ4v) is 4.42. The quantitative estimate of drug-likeness (QED) is 0.461. The number of aryl methyl sites for hydroxylation is 2. The smallest absolute Gasteiger partial charge is 0.254 e. The lowest BCUT2D eigenvalue weighted by atomic mass is 10.1. The molecule has 1 aromatic carbocycles. The van der Waals surface area contributed by atoms with Crippen molar-refractivity contribution in [2.75, 3.05) is 13.1 Å². The van der Waals surface area contributed by atoms with Gasteiger partial charge < -0.3 is 9.84 Å². The molecule has 0 atom stereocenters. The molecule has 0 saturated carbocycles. The van der Waals surface area contributed by atoms with Gasteiger partial charge in [0, 0.05) is 30.6 Å². The highest BCUT2D eigenvalue weighted by molar-refractivity contribution is 7.98. The molecule has 0 unspecified atom stereocenters. The van der Waals surface area contributed by atoms with Crippen LogP contribution in [0.15, 0.2) is 52.1 Å². The Labute approximate surface area is 188 Å². The number of hydrogen-bond donors (Lipinski definition) is 1. The zero-order chi connectivity index (χ0) is 22.2. The molecule has 1 amide bonds. The molecule has 2 aromatic heterocycles. The predicted molar refractivity (Wildman–Crippen MR) is 124 cm³/mol. The minimum absolute atomic E-state index is 0.124. The average Bonchev–Trinajstić information content (AvgIpc) is 3.12. The Hall–Kier alpha value is -2.64. The van der Waals surface area contributed by atoms with Gasteiger partial charge in [0.1, 0.15) is 10.8 Å². The van der Waals surface area contributed by atoms with Crippen molar-refractivity contribution < 1.29 is 9.32 Å². The summed E-state index contributed by atoms with van der Waals surface area (Å²) in [5.74, 6) is 1.34. The van der Waals surface area contributed by atoms with Crippen LogP contribution in [-0.2, 0) is 18.8 Å². The third-order valence-corrected chi connectivity index (χ3v) is 6.36. The highest BCUT2D eigenvalue weighted by atomic mass is 32.2. The molecule has 0 saturated heterocycles. The Morgan fingerprint density at radius 3 is 2.45 bits per heavy atom. The van der Waals surface area contributed by atoms with Crippen LogP contribution in [0.5, 0.6) is 0 Å². The van der Waals surface area contributed by atoms with Crippen molar-refractivity contribution in [3.8, 4) is 0 Å². The van der Waals surface area contributed by atoms with Crippen molar-refractivity contribution in [2.24, 2.45) is 0 Å². The normalized spacial score (nSPS) is 11.1. The van der Waals surface area contributed by atoms with Crippen molar-refractivity contribution in [3.05, 3.63) is 76.3 Å². The van der Waals surface area contributed by atoms with Gasteiger partial charge in [-0.3, -0.25) is 9.69 Å². The third kappa shape index (κ3) is 6.18. The van der Waals surface area contributed by atoms with Crippen LogP contribution in [0, 0.1) is 13.8 Å². The highest BCUT2D eigenvalue weighted by Gasteiger charge is 2.15. The van der Waals surface area contributed by atoms with E-state index >= 15 is 0 Å². The molecule has 0 aliphatic heterocycles. The van der Waals surface area contributed by atoms with E-state index in [4.69, 9.17) is 4.52 Å². The molecular weight excluding hydrogens is 408 g/mol. The maximum atomic E-state index is 12.8. The molecule has 3 aromatic rings. The van der Waals surface area contributed by atoms with Crippen molar-refractivity contribution in [2.45, 2.75) is 51.6 Å². The highest BCUT2D eigenvalue weighted by Crippen LogP contribution is 2.27. The van der Waals surface area contributed by atoms with Crippen LogP contribution >= 0.6 is 11.8 Å². The van der Waals surface area contributed by atoms with Crippen LogP contribution < -0.4 is 5.32 Å². The van der Waals surface area contributed by atoms with E-state index < -0.39 is 0 Å². The molecule has 1 N–H and O–H groups in total. The number of pyridine rings is 1. The topological polar surface area (TPSA) is 71.3 Å². The first kappa shape index (κ1) is 23.0. The number of amides is 1. The number of nitrogens with zero attached hydrogens (tertiary/aromatic N) is 3. The van der Waals surface area contributed by atoms with E-state index in [0.717, 1.165) is 42.2 Å². The second-order valence-electron chi connectivity index (χ2n) is 7.41. The van der Waals surface area contributed by atoms with Gasteiger partial charge in [0.2, 0.25) is 0 Å². The van der Waals surface area contributed by atoms with E-state index in [0.29, 0.717) is 22.9 Å². The average molecular weight is 439 g/mol. The number of thioether (sulfide) groups is 1. The van der Waals surface area contributed by atoms with E-state index in [1.807, 2.05) is 19.9 Å². The number of carbonyl (C=O) groups excluding carboxylic acids is 1. The van der Waals surface area contributed by atoms with E-state index in [1.54, 1.807) is 12.3 Å². The van der Waals surface area contributed by atoms with E-state index in [1.165, 1.54) is 17.3 Å². The number of aromatic nitrogens is 2. The fourth-order valence-electron chi connectivity index (χ4n) is 3.27. The van der Waals surface area contributed by atoms with Crippen molar-refractivity contribution in [1.29, 1.82) is 0 Å². The largest absolute Gasteiger partial charge is 0.361 e. The number of hydrogen-bond acceptors (Lipinski definition) is 6. The van der Waals surface area contributed by atoms with Gasteiger partial charge in [-0.25, -0.2) is 4.98 Å². The van der Waals surface area contributed by atoms with Crippen LogP contribution in [0.25, 0.3) is 0 Å². The molecule has 164 valence electrons. The van der Waals surface area contributed by atoms with Gasteiger partial charge in [-0.15, -0.1) is 11.8 Å². The minimum Gasteiger partial charge on any atom is -0.361 e. The van der Waals surface area contributed by atoms with Crippen LogP contribution in [0.4, 0.5) is 0 Å². The first-order valence-electron chi connectivity index (χ1n) is 10.6. The molecule has 0 aliphatic carbocycles. The molecule has 2 heterocycles. The number of benzene rings is 1. The zero-order valence-electron chi connectivity index (χ0n) is 18.6. The molecule has 0 fully saturated rings. The van der Waals surface area contributed by atoms with Crippen LogP contribution in [0.2, 0.25) is 0 Å². The SMILES string of the molecule is CCN(CC)Cc1ccc(CNC(=O)c2cccnc2SCc2c(C)noc2C)cc1. The first-order chi connectivity index (χ1) is 15.0. The summed E-state index contributed by atoms with van der Waals surface area (Å²) in [5.41, 5.74) is 4.86. The Morgan fingerprint density at radius 2 is 1.81 bits per heavy atom. The standard InChI is InChI=1S/C24H30N4O2S/c1-5-28(6-2)15-20-11-9-19(10-12-20)14-26-23(29)21-8-7-13-25-24(21)31-16-22-17(3)27-30-18(22)4/h7-13H,5-6,14-16H2,1-4H3,(H,26,29). The molecule has 0 bridgehead atoms. The zero-order valence-corrected chi connectivity index (χ0v) is 19.5. The third-order valence-electron chi connectivity index (χ3n) is 5.33. The van der Waals surface area contributed by atoms with Gasteiger partial charge in [-0.05, 0) is 50.2 Å². The Morgan fingerprint density at radius 1 is 1.10 bits per heavy atom.